The van der Waals surface area contributed by atoms with Crippen LogP contribution in [0.1, 0.15) is 17.5 Å². The van der Waals surface area contributed by atoms with E-state index in [1.54, 1.807) is 14.2 Å². The van der Waals surface area contributed by atoms with Crippen molar-refractivity contribution in [3.8, 4) is 17.2 Å². The Kier molecular flexibility index (Phi) is 8.98. The van der Waals surface area contributed by atoms with Gasteiger partial charge in [0.2, 0.25) is 0 Å². The molecule has 0 fully saturated rings. The minimum atomic E-state index is 0. The zero-order valence-corrected chi connectivity index (χ0v) is 19.0. The summed E-state index contributed by atoms with van der Waals surface area (Å²) in [5.41, 5.74) is 2.10. The number of halogens is 2. The highest BCUT2D eigenvalue weighted by atomic mass is 127. The van der Waals surface area contributed by atoms with Crippen molar-refractivity contribution in [3.63, 3.8) is 0 Å². The lowest BCUT2D eigenvalue weighted by Gasteiger charge is -2.14. The summed E-state index contributed by atoms with van der Waals surface area (Å²) in [7, 11) is 3.40. The van der Waals surface area contributed by atoms with Gasteiger partial charge in [0.15, 0.2) is 17.5 Å². The molecular formula is C20H25ClIN3O3. The van der Waals surface area contributed by atoms with Gasteiger partial charge in [-0.1, -0.05) is 23.7 Å². The van der Waals surface area contributed by atoms with E-state index in [2.05, 4.69) is 15.6 Å². The van der Waals surface area contributed by atoms with Crippen LogP contribution < -0.4 is 24.8 Å². The number of rotatable bonds is 5. The van der Waals surface area contributed by atoms with E-state index < -0.39 is 0 Å². The molecule has 28 heavy (non-hydrogen) atoms. The van der Waals surface area contributed by atoms with Crippen LogP contribution in [-0.4, -0.2) is 33.3 Å². The summed E-state index contributed by atoms with van der Waals surface area (Å²) in [4.78, 5) is 4.26. The Balaban J connectivity index is 0.00000280. The van der Waals surface area contributed by atoms with Crippen LogP contribution in [0.15, 0.2) is 41.4 Å². The maximum Gasteiger partial charge on any atom is 0.191 e. The number of hydrogen-bond acceptors (Lipinski definition) is 4. The number of hydrogen-bond donors (Lipinski definition) is 2. The van der Waals surface area contributed by atoms with E-state index in [-0.39, 0.29) is 24.0 Å². The molecule has 8 heteroatoms. The fourth-order valence-electron chi connectivity index (χ4n) is 2.76. The number of ether oxygens (including phenoxy) is 3. The molecule has 2 N–H and O–H groups in total. The molecule has 6 nitrogen and oxygen atoms in total. The lowest BCUT2D eigenvalue weighted by atomic mass is 10.2. The SMILES string of the molecule is CN=C(NCc1cccc(OC)c1)NCc1cc(Cl)c2c(c1)OCCCO2.I. The van der Waals surface area contributed by atoms with Gasteiger partial charge in [-0.3, -0.25) is 4.99 Å². The van der Waals surface area contributed by atoms with E-state index in [0.717, 1.165) is 23.3 Å². The van der Waals surface area contributed by atoms with Gasteiger partial charge in [0.1, 0.15) is 5.75 Å². The normalized spacial score (nSPS) is 13.2. The number of aliphatic imine (C=N–C) groups is 1. The molecule has 0 saturated carbocycles. The third-order valence-corrected chi connectivity index (χ3v) is 4.42. The predicted octanol–water partition coefficient (Wildman–Crippen LogP) is 3.99. The van der Waals surface area contributed by atoms with E-state index in [0.29, 0.717) is 48.8 Å². The quantitative estimate of drug-likeness (QED) is 0.357. The summed E-state index contributed by atoms with van der Waals surface area (Å²) >= 11 is 6.35. The minimum Gasteiger partial charge on any atom is -0.497 e. The zero-order chi connectivity index (χ0) is 19.1. The third-order valence-electron chi connectivity index (χ3n) is 4.14. The molecular weight excluding hydrogens is 493 g/mol. The summed E-state index contributed by atoms with van der Waals surface area (Å²) < 4.78 is 16.6. The first kappa shape index (κ1) is 22.4. The van der Waals surface area contributed by atoms with Crippen molar-refractivity contribution in [2.24, 2.45) is 4.99 Å². The average Bonchev–Trinajstić information content (AvgIpc) is 2.94. The smallest absolute Gasteiger partial charge is 0.191 e. The van der Waals surface area contributed by atoms with Crippen molar-refractivity contribution in [3.05, 3.63) is 52.5 Å². The van der Waals surface area contributed by atoms with Crippen LogP contribution in [0.5, 0.6) is 17.2 Å². The molecule has 0 radical (unpaired) electrons. The molecule has 0 amide bonds. The second-order valence-electron chi connectivity index (χ2n) is 6.09. The first-order chi connectivity index (χ1) is 13.2. The van der Waals surface area contributed by atoms with Gasteiger partial charge >= 0.3 is 0 Å². The predicted molar refractivity (Wildman–Crippen MR) is 123 cm³/mol. The molecule has 1 heterocycles. The van der Waals surface area contributed by atoms with Gasteiger partial charge < -0.3 is 24.8 Å². The summed E-state index contributed by atoms with van der Waals surface area (Å²) in [5.74, 6) is 2.84. The Labute approximate surface area is 187 Å². The Hall–Kier alpha value is -1.87. The van der Waals surface area contributed by atoms with Crippen LogP contribution in [0.2, 0.25) is 5.02 Å². The van der Waals surface area contributed by atoms with E-state index in [4.69, 9.17) is 25.8 Å². The van der Waals surface area contributed by atoms with E-state index in [9.17, 15) is 0 Å². The highest BCUT2D eigenvalue weighted by Gasteiger charge is 2.15. The van der Waals surface area contributed by atoms with Crippen LogP contribution in [-0.2, 0) is 13.1 Å². The number of fused-ring (bicyclic) bond motifs is 1. The zero-order valence-electron chi connectivity index (χ0n) is 16.0. The van der Waals surface area contributed by atoms with Crippen molar-refractivity contribution in [1.82, 2.24) is 10.6 Å². The highest BCUT2D eigenvalue weighted by molar-refractivity contribution is 14.0. The molecule has 0 aromatic heterocycles. The second-order valence-corrected chi connectivity index (χ2v) is 6.49. The second kappa shape index (κ2) is 11.2. The van der Waals surface area contributed by atoms with Crippen molar-refractivity contribution in [2.75, 3.05) is 27.4 Å². The minimum absolute atomic E-state index is 0. The lowest BCUT2D eigenvalue weighted by molar-refractivity contribution is 0.297. The maximum absolute atomic E-state index is 6.35. The molecule has 3 rings (SSSR count). The lowest BCUT2D eigenvalue weighted by Crippen LogP contribution is -2.36. The first-order valence-electron chi connectivity index (χ1n) is 8.85. The molecule has 0 aliphatic carbocycles. The maximum atomic E-state index is 6.35. The number of nitrogens with zero attached hydrogens (tertiary/aromatic N) is 1. The monoisotopic (exact) mass is 517 g/mol. The largest absolute Gasteiger partial charge is 0.497 e. The van der Waals surface area contributed by atoms with Crippen molar-refractivity contribution >= 4 is 41.5 Å². The molecule has 2 aromatic carbocycles. The summed E-state index contributed by atoms with van der Waals surface area (Å²) in [6, 6.07) is 11.7. The molecule has 0 saturated heterocycles. The van der Waals surface area contributed by atoms with Gasteiger partial charge in [0.05, 0.1) is 25.3 Å². The van der Waals surface area contributed by atoms with Gasteiger partial charge in [0, 0.05) is 26.6 Å². The fraction of sp³-hybridized carbons (Fsp3) is 0.350. The topological polar surface area (TPSA) is 64.1 Å². The number of nitrogens with one attached hydrogen (secondary N) is 2. The summed E-state index contributed by atoms with van der Waals surface area (Å²) in [6.07, 6.45) is 0.847. The molecule has 1 aliphatic heterocycles. The van der Waals surface area contributed by atoms with Crippen LogP contribution in [0.3, 0.4) is 0 Å². The molecule has 0 spiro atoms. The Bertz CT molecular complexity index is 817. The summed E-state index contributed by atoms with van der Waals surface area (Å²) in [6.45, 7) is 2.45. The molecule has 152 valence electrons. The van der Waals surface area contributed by atoms with E-state index in [1.165, 1.54) is 0 Å². The van der Waals surface area contributed by atoms with Crippen LogP contribution in [0.25, 0.3) is 0 Å². The molecule has 1 aliphatic rings. The molecule has 0 bridgehead atoms. The summed E-state index contributed by atoms with van der Waals surface area (Å²) in [5, 5.41) is 7.14. The Morgan fingerprint density at radius 2 is 1.86 bits per heavy atom. The van der Waals surface area contributed by atoms with Gasteiger partial charge in [-0.15, -0.1) is 24.0 Å². The third kappa shape index (κ3) is 6.07. The van der Waals surface area contributed by atoms with Gasteiger partial charge in [0.25, 0.3) is 0 Å². The van der Waals surface area contributed by atoms with Gasteiger partial charge in [-0.25, -0.2) is 0 Å². The van der Waals surface area contributed by atoms with Crippen molar-refractivity contribution in [1.29, 1.82) is 0 Å². The first-order valence-corrected chi connectivity index (χ1v) is 9.23. The number of methoxy groups -OCH3 is 1. The van der Waals surface area contributed by atoms with Gasteiger partial charge in [-0.05, 0) is 35.4 Å². The number of guanidine groups is 1. The van der Waals surface area contributed by atoms with Crippen molar-refractivity contribution < 1.29 is 14.2 Å². The number of benzene rings is 2. The standard InChI is InChI=1S/C20H24ClN3O3.HI/c1-22-20(23-12-14-5-3-6-16(9-14)25-2)24-13-15-10-17(21)19-18(11-15)26-7-4-8-27-19;/h3,5-6,9-11H,4,7-8,12-13H2,1-2H3,(H2,22,23,24);1H. The highest BCUT2D eigenvalue weighted by Crippen LogP contribution is 2.37. The van der Waals surface area contributed by atoms with E-state index in [1.807, 2.05) is 36.4 Å². The van der Waals surface area contributed by atoms with Crippen LogP contribution in [0, 0.1) is 0 Å². The van der Waals surface area contributed by atoms with Gasteiger partial charge in [-0.2, -0.15) is 0 Å². The van der Waals surface area contributed by atoms with Crippen molar-refractivity contribution in [2.45, 2.75) is 19.5 Å². The Morgan fingerprint density at radius 3 is 2.61 bits per heavy atom. The van der Waals surface area contributed by atoms with E-state index >= 15 is 0 Å². The average molecular weight is 518 g/mol. The fourth-order valence-corrected chi connectivity index (χ4v) is 3.05. The van der Waals surface area contributed by atoms with Crippen LogP contribution >= 0.6 is 35.6 Å². The molecule has 0 unspecified atom stereocenters. The van der Waals surface area contributed by atoms with Crippen LogP contribution in [0.4, 0.5) is 0 Å². The molecule has 2 aromatic rings. The Morgan fingerprint density at radius 1 is 1.11 bits per heavy atom. The molecule has 0 atom stereocenters.